The molecule has 0 unspecified atom stereocenters. The van der Waals surface area contributed by atoms with Crippen molar-refractivity contribution in [1.29, 1.82) is 0 Å². The smallest absolute Gasteiger partial charge is 0.310 e. The van der Waals surface area contributed by atoms with Crippen LogP contribution in [0, 0.1) is 23.7 Å². The summed E-state index contributed by atoms with van der Waals surface area (Å²) < 4.78 is 5.35. The largest absolute Gasteiger partial charge is 0.462 e. The number of fused-ring (bicyclic) bond motifs is 1. The Labute approximate surface area is 131 Å². The van der Waals surface area contributed by atoms with Crippen LogP contribution in [0.15, 0.2) is 18.2 Å². The number of benzene rings is 1. The minimum absolute atomic E-state index is 0.0336. The fourth-order valence-corrected chi connectivity index (χ4v) is 4.53. The zero-order chi connectivity index (χ0) is 14.7. The summed E-state index contributed by atoms with van der Waals surface area (Å²) in [6, 6.07) is 5.09. The SMILES string of the molecule is O=C(Nc1cccc(Cl)c1Cl)[C@H]1[C@@H]2C[C@H]3[C@@H]1C(=O)O[C@@H]3C2. The van der Waals surface area contributed by atoms with Gasteiger partial charge in [0.05, 0.1) is 27.6 Å². The summed E-state index contributed by atoms with van der Waals surface area (Å²) in [6.07, 6.45) is 1.74. The van der Waals surface area contributed by atoms with Gasteiger partial charge in [0.25, 0.3) is 0 Å². The predicted molar refractivity (Wildman–Crippen MR) is 78.2 cm³/mol. The molecule has 1 saturated heterocycles. The highest BCUT2D eigenvalue weighted by molar-refractivity contribution is 6.44. The minimum Gasteiger partial charge on any atom is -0.462 e. The molecule has 21 heavy (non-hydrogen) atoms. The first-order valence-corrected chi connectivity index (χ1v) is 7.77. The molecule has 1 amide bonds. The van der Waals surface area contributed by atoms with E-state index in [0.29, 0.717) is 15.7 Å². The molecule has 0 radical (unpaired) electrons. The first kappa shape index (κ1) is 13.4. The van der Waals surface area contributed by atoms with Crippen molar-refractivity contribution in [3.8, 4) is 0 Å². The lowest BCUT2D eigenvalue weighted by atomic mass is 9.79. The molecule has 3 aliphatic rings. The average molecular weight is 326 g/mol. The van der Waals surface area contributed by atoms with Crippen LogP contribution >= 0.6 is 23.2 Å². The molecule has 4 nitrogen and oxygen atoms in total. The van der Waals surface area contributed by atoms with E-state index < -0.39 is 0 Å². The lowest BCUT2D eigenvalue weighted by molar-refractivity contribution is -0.145. The third-order valence-electron chi connectivity index (χ3n) is 5.00. The first-order valence-electron chi connectivity index (χ1n) is 7.01. The van der Waals surface area contributed by atoms with Crippen molar-refractivity contribution in [2.75, 3.05) is 5.32 Å². The number of rotatable bonds is 2. The molecule has 2 bridgehead atoms. The number of ether oxygens (including phenoxy) is 1. The van der Waals surface area contributed by atoms with Gasteiger partial charge in [0.1, 0.15) is 6.10 Å². The summed E-state index contributed by atoms with van der Waals surface area (Å²) in [5.74, 6) is -0.526. The standard InChI is InChI=1S/C15H13Cl2NO3/c16-8-2-1-3-9(13(8)17)18-14(19)11-6-4-7-10(5-6)21-15(20)12(7)11/h1-3,6-7,10-12H,4-5H2,(H,18,19)/t6-,7-,10-,11+,12+/m1/s1. The van der Waals surface area contributed by atoms with Gasteiger partial charge in [-0.3, -0.25) is 9.59 Å². The molecular formula is C15H13Cl2NO3. The Balaban J connectivity index is 1.59. The Kier molecular flexibility index (Phi) is 2.95. The van der Waals surface area contributed by atoms with E-state index in [1.165, 1.54) is 0 Å². The number of hydrogen-bond donors (Lipinski definition) is 1. The van der Waals surface area contributed by atoms with Crippen LogP contribution in [-0.4, -0.2) is 18.0 Å². The normalized spacial score (nSPS) is 35.9. The van der Waals surface area contributed by atoms with Gasteiger partial charge >= 0.3 is 5.97 Å². The number of carbonyl (C=O) groups excluding carboxylic acids is 2. The Morgan fingerprint density at radius 3 is 2.90 bits per heavy atom. The van der Waals surface area contributed by atoms with E-state index in [9.17, 15) is 9.59 Å². The maximum atomic E-state index is 12.6. The van der Waals surface area contributed by atoms with E-state index >= 15 is 0 Å². The number of carbonyl (C=O) groups is 2. The second-order valence-corrected chi connectivity index (χ2v) is 6.80. The van der Waals surface area contributed by atoms with E-state index in [1.54, 1.807) is 18.2 Å². The maximum absolute atomic E-state index is 12.6. The summed E-state index contributed by atoms with van der Waals surface area (Å²) in [6.45, 7) is 0. The van der Waals surface area contributed by atoms with Crippen molar-refractivity contribution in [3.05, 3.63) is 28.2 Å². The van der Waals surface area contributed by atoms with E-state index in [4.69, 9.17) is 27.9 Å². The predicted octanol–water partition coefficient (Wildman–Crippen LogP) is 3.13. The highest BCUT2D eigenvalue weighted by Gasteiger charge is 2.63. The molecule has 1 N–H and O–H groups in total. The molecule has 1 heterocycles. The maximum Gasteiger partial charge on any atom is 0.310 e. The fraction of sp³-hybridized carbons (Fsp3) is 0.467. The molecular weight excluding hydrogens is 313 g/mol. The topological polar surface area (TPSA) is 55.4 Å². The van der Waals surface area contributed by atoms with Gasteiger partial charge in [-0.15, -0.1) is 0 Å². The number of nitrogens with one attached hydrogen (secondary N) is 1. The van der Waals surface area contributed by atoms with Gasteiger partial charge in [-0.05, 0) is 30.9 Å². The van der Waals surface area contributed by atoms with Crippen LogP contribution in [0.25, 0.3) is 0 Å². The van der Waals surface area contributed by atoms with E-state index in [-0.39, 0.29) is 41.7 Å². The van der Waals surface area contributed by atoms with E-state index in [0.717, 1.165) is 12.8 Å². The quantitative estimate of drug-likeness (QED) is 0.850. The Morgan fingerprint density at radius 2 is 2.10 bits per heavy atom. The average Bonchev–Trinajstić information content (AvgIpc) is 3.05. The lowest BCUT2D eigenvalue weighted by Gasteiger charge is -2.23. The Hall–Kier alpha value is -1.26. The van der Waals surface area contributed by atoms with Crippen molar-refractivity contribution in [1.82, 2.24) is 0 Å². The van der Waals surface area contributed by atoms with Gasteiger partial charge in [-0.2, -0.15) is 0 Å². The zero-order valence-electron chi connectivity index (χ0n) is 11.0. The zero-order valence-corrected chi connectivity index (χ0v) is 12.5. The third kappa shape index (κ3) is 1.89. The van der Waals surface area contributed by atoms with Gasteiger partial charge in [0, 0.05) is 5.92 Å². The first-order chi connectivity index (χ1) is 10.1. The molecule has 5 atom stereocenters. The lowest BCUT2D eigenvalue weighted by Crippen LogP contribution is -2.35. The van der Waals surface area contributed by atoms with E-state index in [2.05, 4.69) is 5.32 Å². The number of hydrogen-bond acceptors (Lipinski definition) is 3. The van der Waals surface area contributed by atoms with Crippen molar-refractivity contribution >= 4 is 40.8 Å². The number of anilines is 1. The highest BCUT2D eigenvalue weighted by atomic mass is 35.5. The molecule has 6 heteroatoms. The van der Waals surface area contributed by atoms with Gasteiger partial charge in [0.2, 0.25) is 5.91 Å². The molecule has 2 saturated carbocycles. The molecule has 1 aromatic carbocycles. The molecule has 3 fully saturated rings. The van der Waals surface area contributed by atoms with Gasteiger partial charge in [0.15, 0.2) is 0 Å². The van der Waals surface area contributed by atoms with Crippen LogP contribution in [0.3, 0.4) is 0 Å². The van der Waals surface area contributed by atoms with Crippen LogP contribution in [0.1, 0.15) is 12.8 Å². The van der Waals surface area contributed by atoms with Gasteiger partial charge in [-0.1, -0.05) is 29.3 Å². The minimum atomic E-state index is -0.309. The summed E-state index contributed by atoms with van der Waals surface area (Å²) in [5.41, 5.74) is 0.486. The summed E-state index contributed by atoms with van der Waals surface area (Å²) in [7, 11) is 0. The second-order valence-electron chi connectivity index (χ2n) is 6.01. The van der Waals surface area contributed by atoms with Crippen LogP contribution in [0.4, 0.5) is 5.69 Å². The molecule has 4 rings (SSSR count). The fourth-order valence-electron chi connectivity index (χ4n) is 4.18. The van der Waals surface area contributed by atoms with Crippen LogP contribution in [-0.2, 0) is 14.3 Å². The van der Waals surface area contributed by atoms with Crippen molar-refractivity contribution in [2.24, 2.45) is 23.7 Å². The van der Waals surface area contributed by atoms with Crippen molar-refractivity contribution in [3.63, 3.8) is 0 Å². The number of esters is 1. The molecule has 0 spiro atoms. The van der Waals surface area contributed by atoms with Crippen LogP contribution in [0.2, 0.25) is 10.0 Å². The molecule has 1 aliphatic heterocycles. The summed E-state index contributed by atoms with van der Waals surface area (Å²) >= 11 is 12.0. The Bertz CT molecular complexity index is 646. The van der Waals surface area contributed by atoms with Crippen molar-refractivity contribution < 1.29 is 14.3 Å². The van der Waals surface area contributed by atoms with Gasteiger partial charge < -0.3 is 10.1 Å². The monoisotopic (exact) mass is 325 g/mol. The van der Waals surface area contributed by atoms with E-state index in [1.807, 2.05) is 0 Å². The number of halogens is 2. The third-order valence-corrected chi connectivity index (χ3v) is 5.81. The molecule has 0 aromatic heterocycles. The molecule has 110 valence electrons. The Morgan fingerprint density at radius 1 is 1.29 bits per heavy atom. The molecule has 2 aliphatic carbocycles. The summed E-state index contributed by atoms with van der Waals surface area (Å²) in [4.78, 5) is 24.5. The van der Waals surface area contributed by atoms with Crippen LogP contribution in [0.5, 0.6) is 0 Å². The van der Waals surface area contributed by atoms with Crippen LogP contribution < -0.4 is 5.32 Å². The highest BCUT2D eigenvalue weighted by Crippen LogP contribution is 2.57. The molecule has 1 aromatic rings. The van der Waals surface area contributed by atoms with Gasteiger partial charge in [-0.25, -0.2) is 0 Å². The second kappa shape index (κ2) is 4.62. The summed E-state index contributed by atoms with van der Waals surface area (Å²) in [5, 5.41) is 3.53. The van der Waals surface area contributed by atoms with Crippen molar-refractivity contribution in [2.45, 2.75) is 18.9 Å². The number of amides is 1.